The maximum atomic E-state index is 14.4. The zero-order valence-electron chi connectivity index (χ0n) is 20.1. The highest BCUT2D eigenvalue weighted by atomic mass is 79.9. The molecule has 0 saturated heterocycles. The van der Waals surface area contributed by atoms with Gasteiger partial charge in [0.1, 0.15) is 6.54 Å². The molecule has 0 aliphatic rings. The summed E-state index contributed by atoms with van der Waals surface area (Å²) in [5.74, 6) is -4.77. The minimum Gasteiger partial charge on any atom is -0.328 e. The maximum Gasteiger partial charge on any atom is 0.435 e. The smallest absolute Gasteiger partial charge is 0.328 e. The van der Waals surface area contributed by atoms with Crippen molar-refractivity contribution in [2.45, 2.75) is 30.4 Å². The number of rotatable bonds is 5. The van der Waals surface area contributed by atoms with Gasteiger partial charge >= 0.3 is 42.2 Å². The van der Waals surface area contributed by atoms with Crippen molar-refractivity contribution < 1.29 is 71.5 Å². The van der Waals surface area contributed by atoms with E-state index in [2.05, 4.69) is 15.9 Å². The molecule has 2 N–H and O–H groups in total. The Kier molecular flexibility index (Phi) is 9.56. The molecule has 2 aromatic carbocycles. The van der Waals surface area contributed by atoms with Crippen molar-refractivity contribution in [3.63, 3.8) is 0 Å². The van der Waals surface area contributed by atoms with Crippen molar-refractivity contribution in [2.75, 3.05) is 24.2 Å². The second-order valence-corrected chi connectivity index (χ2v) is 9.15. The fraction of sp³-hybridized carbons (Fsp3) is 0.318. The number of carbonyl (C=O) groups excluding carboxylic acids is 3. The van der Waals surface area contributed by atoms with Crippen LogP contribution >= 0.6 is 15.9 Å². The van der Waals surface area contributed by atoms with E-state index in [9.17, 15) is 71.5 Å². The largest absolute Gasteiger partial charge is 0.435 e. The van der Waals surface area contributed by atoms with Crippen molar-refractivity contribution in [1.82, 2.24) is 4.90 Å². The van der Waals surface area contributed by atoms with Gasteiger partial charge in [0.2, 0.25) is 0 Å². The number of likely N-dealkylation sites (N-methyl/N-ethyl adjacent to an activating group) is 1. The Bertz CT molecular complexity index is 1350. The molecule has 0 aliphatic heterocycles. The van der Waals surface area contributed by atoms with E-state index in [0.717, 1.165) is 24.3 Å². The Labute approximate surface area is 234 Å². The highest BCUT2D eigenvalue weighted by Gasteiger charge is 2.73. The Balaban J connectivity index is 2.45. The van der Waals surface area contributed by atoms with Gasteiger partial charge in [0, 0.05) is 28.3 Å². The van der Waals surface area contributed by atoms with E-state index < -0.39 is 93.2 Å². The van der Waals surface area contributed by atoms with Gasteiger partial charge in [-0.05, 0) is 46.3 Å². The second kappa shape index (κ2) is 11.6. The molecule has 20 heteroatoms. The van der Waals surface area contributed by atoms with E-state index in [-0.39, 0.29) is 11.0 Å². The predicted molar refractivity (Wildman–Crippen MR) is 121 cm³/mol. The first-order valence-electron chi connectivity index (χ1n) is 10.6. The monoisotopic (exact) mass is 693 g/mol. The molecule has 42 heavy (non-hydrogen) atoms. The van der Waals surface area contributed by atoms with Crippen LogP contribution in [0, 0.1) is 0 Å². The zero-order chi connectivity index (χ0) is 32.6. The van der Waals surface area contributed by atoms with Crippen molar-refractivity contribution in [3.05, 3.63) is 57.6 Å². The van der Waals surface area contributed by atoms with Crippen LogP contribution in [-0.2, 0) is 21.4 Å². The van der Waals surface area contributed by atoms with Crippen LogP contribution in [0.25, 0.3) is 0 Å². The van der Waals surface area contributed by atoms with Crippen molar-refractivity contribution in [2.24, 2.45) is 0 Å². The van der Waals surface area contributed by atoms with Crippen molar-refractivity contribution >= 4 is 45.0 Å². The van der Waals surface area contributed by atoms with Gasteiger partial charge in [-0.3, -0.25) is 14.4 Å². The molecule has 0 radical (unpaired) electrons. The molecule has 6 nitrogen and oxygen atoms in total. The fourth-order valence-corrected chi connectivity index (χ4v) is 3.83. The summed E-state index contributed by atoms with van der Waals surface area (Å²) in [6, 6.07) is 2.58. The van der Waals surface area contributed by atoms with Gasteiger partial charge in [-0.25, -0.2) is 4.39 Å². The maximum absolute atomic E-state index is 14.4. The van der Waals surface area contributed by atoms with Gasteiger partial charge in [-0.1, -0.05) is 6.07 Å². The summed E-state index contributed by atoms with van der Waals surface area (Å²) in [4.78, 5) is 36.5. The Morgan fingerprint density at radius 3 is 1.83 bits per heavy atom. The van der Waals surface area contributed by atoms with Gasteiger partial charge in [0.25, 0.3) is 5.91 Å². The summed E-state index contributed by atoms with van der Waals surface area (Å²) in [7, 11) is 0.650. The molecule has 0 heterocycles. The van der Waals surface area contributed by atoms with E-state index in [1.54, 1.807) is 5.32 Å². The molecule has 3 amide bonds. The third kappa shape index (κ3) is 7.62. The van der Waals surface area contributed by atoms with Gasteiger partial charge < -0.3 is 15.5 Å². The minimum absolute atomic E-state index is 0.00935. The molecule has 0 aliphatic carbocycles. The summed E-state index contributed by atoms with van der Waals surface area (Å²) in [6.07, 6.45) is -24.1. The first kappa shape index (κ1) is 34.6. The number of benzene rings is 2. The molecular formula is C22H13BrF13N3O3. The molecule has 2 rings (SSSR count). The Morgan fingerprint density at radius 1 is 0.810 bits per heavy atom. The normalized spacial score (nSPS) is 13.0. The van der Waals surface area contributed by atoms with Crippen LogP contribution in [0.5, 0.6) is 0 Å². The quantitative estimate of drug-likeness (QED) is 0.263. The molecule has 0 bridgehead atoms. The SMILES string of the molecule is CN(CC(F)(F)F)C(=O)C(=O)Nc1cccc(C(=O)Nc2c(Br)cc(C(F)(C(F)(F)F)C(F)(F)F)cc2C(F)(F)F)c1. The van der Waals surface area contributed by atoms with Gasteiger partial charge in [0.05, 0.1) is 11.3 Å². The lowest BCUT2D eigenvalue weighted by molar-refractivity contribution is -0.348. The molecule has 0 aromatic heterocycles. The second-order valence-electron chi connectivity index (χ2n) is 8.30. The van der Waals surface area contributed by atoms with Gasteiger partial charge in [-0.2, -0.15) is 52.7 Å². The van der Waals surface area contributed by atoms with Gasteiger partial charge in [-0.15, -0.1) is 0 Å². The first-order chi connectivity index (χ1) is 18.8. The van der Waals surface area contributed by atoms with E-state index in [1.807, 2.05) is 5.32 Å². The van der Waals surface area contributed by atoms with Crippen LogP contribution in [0.4, 0.5) is 68.5 Å². The highest BCUT2D eigenvalue weighted by molar-refractivity contribution is 9.10. The molecule has 0 fully saturated rings. The van der Waals surface area contributed by atoms with Crippen LogP contribution in [0.2, 0.25) is 0 Å². The van der Waals surface area contributed by atoms with Crippen molar-refractivity contribution in [3.8, 4) is 0 Å². The van der Waals surface area contributed by atoms with E-state index in [0.29, 0.717) is 7.05 Å². The summed E-state index contributed by atoms with van der Waals surface area (Å²) >= 11 is 2.32. The fourth-order valence-electron chi connectivity index (χ4n) is 3.27. The molecule has 0 spiro atoms. The molecule has 232 valence electrons. The number of hydrogen-bond donors (Lipinski definition) is 2. The molecule has 0 unspecified atom stereocenters. The molecule has 2 aromatic rings. The Morgan fingerprint density at radius 2 is 1.36 bits per heavy atom. The third-order valence-electron chi connectivity index (χ3n) is 5.15. The summed E-state index contributed by atoms with van der Waals surface area (Å²) in [5, 5.41) is 3.45. The van der Waals surface area contributed by atoms with Gasteiger partial charge in [0.15, 0.2) is 0 Å². The lowest BCUT2D eigenvalue weighted by atomic mass is 9.92. The van der Waals surface area contributed by atoms with Crippen LogP contribution in [0.1, 0.15) is 21.5 Å². The third-order valence-corrected chi connectivity index (χ3v) is 5.78. The number of carbonyl (C=O) groups is 3. The average Bonchev–Trinajstić information content (AvgIpc) is 2.80. The zero-order valence-corrected chi connectivity index (χ0v) is 21.7. The van der Waals surface area contributed by atoms with E-state index >= 15 is 0 Å². The van der Waals surface area contributed by atoms with E-state index in [1.165, 1.54) is 0 Å². The standard InChI is InChI=1S/C22H13BrF13N3O3/c1-39(8-18(24,25)26)17(42)16(41)37-11-4-2-3-9(5-11)15(40)38-14-12(20(28,29)30)6-10(7-13(14)23)19(27,21(31,32)33)22(34,35)36/h2-7H,8H2,1H3,(H,37,41)(H,38,40). The highest BCUT2D eigenvalue weighted by Crippen LogP contribution is 2.55. The number of hydrogen-bond acceptors (Lipinski definition) is 3. The van der Waals surface area contributed by atoms with E-state index in [4.69, 9.17) is 0 Å². The number of alkyl halides is 13. The summed E-state index contributed by atoms with van der Waals surface area (Å²) in [5.41, 5.74) is -13.5. The predicted octanol–water partition coefficient (Wildman–Crippen LogP) is 6.97. The first-order valence-corrected chi connectivity index (χ1v) is 11.4. The summed E-state index contributed by atoms with van der Waals surface area (Å²) in [6.45, 7) is -1.80. The lowest BCUT2D eigenvalue weighted by Gasteiger charge is -2.31. The van der Waals surface area contributed by atoms with Crippen LogP contribution in [0.3, 0.4) is 0 Å². The summed E-state index contributed by atoms with van der Waals surface area (Å²) < 4.78 is 170. The average molecular weight is 694 g/mol. The van der Waals surface area contributed by atoms with Crippen LogP contribution < -0.4 is 10.6 Å². The number of anilines is 2. The Hall–Kier alpha value is -3.58. The van der Waals surface area contributed by atoms with Crippen LogP contribution in [0.15, 0.2) is 40.9 Å². The number of nitrogens with zero attached hydrogens (tertiary/aromatic N) is 1. The molecular weight excluding hydrogens is 681 g/mol. The number of nitrogens with one attached hydrogen (secondary N) is 2. The molecule has 0 atom stereocenters. The topological polar surface area (TPSA) is 78.5 Å². The number of amides is 3. The van der Waals surface area contributed by atoms with Crippen molar-refractivity contribution in [1.29, 1.82) is 0 Å². The minimum atomic E-state index is -6.74. The lowest BCUT2D eigenvalue weighted by Crippen LogP contribution is -2.50. The molecule has 0 saturated carbocycles. The van der Waals surface area contributed by atoms with Crippen LogP contribution in [-0.4, -0.2) is 54.7 Å². The number of halogens is 14.